The highest BCUT2D eigenvalue weighted by molar-refractivity contribution is 6.12. The highest BCUT2D eigenvalue weighted by atomic mass is 19.1. The van der Waals surface area contributed by atoms with Crippen molar-refractivity contribution in [3.63, 3.8) is 0 Å². The maximum absolute atomic E-state index is 13.6. The summed E-state index contributed by atoms with van der Waals surface area (Å²) in [6.07, 6.45) is 1.04. The standard InChI is InChI=1S/C19H13FN2O3/c20-13-2-4-15-14-3-1-12(18(23)11-5-7-21-8-6-11)9-16(14)22(19(24)25)17(15)10-13/h1-10,18,23H,(H,24,25). The van der Waals surface area contributed by atoms with Crippen LogP contribution in [0.5, 0.6) is 0 Å². The number of aliphatic hydroxyl groups excluding tert-OH is 1. The molecule has 0 amide bonds. The molecule has 0 fully saturated rings. The zero-order valence-electron chi connectivity index (χ0n) is 12.9. The van der Waals surface area contributed by atoms with Crippen molar-refractivity contribution in [1.82, 2.24) is 9.55 Å². The van der Waals surface area contributed by atoms with Gasteiger partial charge in [0, 0.05) is 23.2 Å². The Hall–Kier alpha value is -3.25. The first kappa shape index (κ1) is 15.3. The van der Waals surface area contributed by atoms with Gasteiger partial charge in [0.1, 0.15) is 11.9 Å². The molecule has 2 N–H and O–H groups in total. The Morgan fingerprint density at radius 1 is 0.960 bits per heavy atom. The fraction of sp³-hybridized carbons (Fsp3) is 0.0526. The lowest BCUT2D eigenvalue weighted by Gasteiger charge is -2.11. The molecular formula is C19H13FN2O3. The van der Waals surface area contributed by atoms with E-state index in [1.807, 2.05) is 0 Å². The van der Waals surface area contributed by atoms with Gasteiger partial charge in [-0.15, -0.1) is 0 Å². The van der Waals surface area contributed by atoms with E-state index in [0.717, 1.165) is 4.57 Å². The largest absolute Gasteiger partial charge is 0.464 e. The Morgan fingerprint density at radius 2 is 1.60 bits per heavy atom. The van der Waals surface area contributed by atoms with Gasteiger partial charge in [0.25, 0.3) is 0 Å². The molecule has 2 heterocycles. The SMILES string of the molecule is O=C(O)n1c2cc(F)ccc2c2ccc(C(O)c3ccncc3)cc21. The van der Waals surface area contributed by atoms with Crippen LogP contribution in [0.1, 0.15) is 17.2 Å². The summed E-state index contributed by atoms with van der Waals surface area (Å²) in [6, 6.07) is 12.5. The predicted molar refractivity (Wildman–Crippen MR) is 91.1 cm³/mol. The van der Waals surface area contributed by atoms with Crippen molar-refractivity contribution in [2.45, 2.75) is 6.10 Å². The van der Waals surface area contributed by atoms with Gasteiger partial charge < -0.3 is 10.2 Å². The van der Waals surface area contributed by atoms with Gasteiger partial charge in [0.2, 0.25) is 0 Å². The van der Waals surface area contributed by atoms with Gasteiger partial charge in [-0.05, 0) is 47.5 Å². The number of carbonyl (C=O) groups is 1. The summed E-state index contributed by atoms with van der Waals surface area (Å²) >= 11 is 0. The number of hydrogen-bond acceptors (Lipinski definition) is 3. The Labute approximate surface area is 141 Å². The summed E-state index contributed by atoms with van der Waals surface area (Å²) < 4.78 is 14.6. The molecule has 0 radical (unpaired) electrons. The van der Waals surface area contributed by atoms with E-state index in [9.17, 15) is 19.4 Å². The number of aromatic nitrogens is 2. The molecule has 0 aliphatic heterocycles. The first-order valence-electron chi connectivity index (χ1n) is 7.61. The molecule has 0 aliphatic carbocycles. The number of hydrogen-bond donors (Lipinski definition) is 2. The van der Waals surface area contributed by atoms with Gasteiger partial charge in [-0.2, -0.15) is 0 Å². The molecule has 25 heavy (non-hydrogen) atoms. The molecule has 124 valence electrons. The minimum absolute atomic E-state index is 0.276. The molecule has 0 saturated heterocycles. The van der Waals surface area contributed by atoms with Crippen LogP contribution in [0.4, 0.5) is 9.18 Å². The van der Waals surface area contributed by atoms with Gasteiger partial charge in [-0.3, -0.25) is 4.98 Å². The van der Waals surface area contributed by atoms with E-state index in [4.69, 9.17) is 0 Å². The third-order valence-corrected chi connectivity index (χ3v) is 4.28. The maximum atomic E-state index is 13.6. The number of aliphatic hydroxyl groups is 1. The molecule has 0 spiro atoms. The average Bonchev–Trinajstić information content (AvgIpc) is 2.94. The summed E-state index contributed by atoms with van der Waals surface area (Å²) in [7, 11) is 0. The van der Waals surface area contributed by atoms with Crippen molar-refractivity contribution < 1.29 is 19.4 Å². The van der Waals surface area contributed by atoms with Gasteiger partial charge in [-0.1, -0.05) is 12.1 Å². The second-order valence-electron chi connectivity index (χ2n) is 5.74. The summed E-state index contributed by atoms with van der Waals surface area (Å²) in [4.78, 5) is 15.6. The minimum atomic E-state index is -1.21. The van der Waals surface area contributed by atoms with Gasteiger partial charge >= 0.3 is 6.09 Å². The number of nitrogens with zero attached hydrogens (tertiary/aromatic N) is 2. The van der Waals surface area contributed by atoms with Gasteiger partial charge in [0.05, 0.1) is 11.0 Å². The number of fused-ring (bicyclic) bond motifs is 3. The molecule has 5 nitrogen and oxygen atoms in total. The first-order chi connectivity index (χ1) is 12.1. The smallest absolute Gasteiger partial charge is 0.416 e. The van der Waals surface area contributed by atoms with Crippen LogP contribution in [0.15, 0.2) is 60.9 Å². The van der Waals surface area contributed by atoms with Gasteiger partial charge in [0.15, 0.2) is 0 Å². The van der Waals surface area contributed by atoms with Crippen LogP contribution in [0.3, 0.4) is 0 Å². The van der Waals surface area contributed by atoms with E-state index in [2.05, 4.69) is 4.98 Å². The highest BCUT2D eigenvalue weighted by Gasteiger charge is 2.18. The van der Waals surface area contributed by atoms with Crippen molar-refractivity contribution in [2.24, 2.45) is 0 Å². The third kappa shape index (κ3) is 2.43. The molecule has 0 aliphatic rings. The van der Waals surface area contributed by atoms with Crippen molar-refractivity contribution in [1.29, 1.82) is 0 Å². The molecule has 0 saturated carbocycles. The molecule has 4 rings (SSSR count). The lowest BCUT2D eigenvalue weighted by molar-refractivity contribution is 0.198. The Balaban J connectivity index is 1.98. The normalized spacial score (nSPS) is 12.6. The summed E-state index contributed by atoms with van der Waals surface area (Å²) in [5.41, 5.74) is 1.87. The van der Waals surface area contributed by atoms with Crippen LogP contribution >= 0.6 is 0 Å². The second kappa shape index (κ2) is 5.68. The van der Waals surface area contributed by atoms with E-state index in [1.54, 1.807) is 48.8 Å². The monoisotopic (exact) mass is 336 g/mol. The maximum Gasteiger partial charge on any atom is 0.416 e. The molecule has 2 aromatic heterocycles. The number of pyridine rings is 1. The number of rotatable bonds is 2. The zero-order chi connectivity index (χ0) is 17.6. The third-order valence-electron chi connectivity index (χ3n) is 4.28. The zero-order valence-corrected chi connectivity index (χ0v) is 12.9. The highest BCUT2D eigenvalue weighted by Crippen LogP contribution is 2.32. The van der Waals surface area contributed by atoms with Crippen LogP contribution in [-0.4, -0.2) is 25.9 Å². The lowest BCUT2D eigenvalue weighted by Crippen LogP contribution is -2.08. The topological polar surface area (TPSA) is 75.3 Å². The fourth-order valence-corrected chi connectivity index (χ4v) is 3.12. The fourth-order valence-electron chi connectivity index (χ4n) is 3.12. The molecule has 0 bridgehead atoms. The summed E-state index contributed by atoms with van der Waals surface area (Å²) in [5.74, 6) is -0.505. The molecule has 1 unspecified atom stereocenters. The molecule has 6 heteroatoms. The van der Waals surface area contributed by atoms with E-state index in [1.165, 1.54) is 12.1 Å². The van der Waals surface area contributed by atoms with Crippen LogP contribution in [0, 0.1) is 5.82 Å². The molecule has 4 aromatic rings. The van der Waals surface area contributed by atoms with Crippen molar-refractivity contribution in [3.8, 4) is 0 Å². The van der Waals surface area contributed by atoms with E-state index < -0.39 is 18.0 Å². The Morgan fingerprint density at radius 3 is 2.28 bits per heavy atom. The summed E-state index contributed by atoms with van der Waals surface area (Å²) in [5, 5.41) is 21.5. The van der Waals surface area contributed by atoms with Crippen molar-refractivity contribution >= 4 is 27.9 Å². The summed E-state index contributed by atoms with van der Waals surface area (Å²) in [6.45, 7) is 0. The van der Waals surface area contributed by atoms with Crippen molar-refractivity contribution in [3.05, 3.63) is 77.9 Å². The lowest BCUT2D eigenvalue weighted by atomic mass is 10.0. The first-order valence-corrected chi connectivity index (χ1v) is 7.61. The van der Waals surface area contributed by atoms with Crippen LogP contribution in [0.2, 0.25) is 0 Å². The predicted octanol–water partition coefficient (Wildman–Crippen LogP) is 3.94. The average molecular weight is 336 g/mol. The van der Waals surface area contributed by atoms with Crippen LogP contribution < -0.4 is 0 Å². The number of halogens is 1. The van der Waals surface area contributed by atoms with E-state index in [0.29, 0.717) is 27.4 Å². The minimum Gasteiger partial charge on any atom is -0.464 e. The molecular weight excluding hydrogens is 323 g/mol. The number of carboxylic acid groups (broad SMARTS) is 1. The van der Waals surface area contributed by atoms with Crippen molar-refractivity contribution in [2.75, 3.05) is 0 Å². The van der Waals surface area contributed by atoms with Crippen LogP contribution in [0.25, 0.3) is 21.8 Å². The Kier molecular flexibility index (Phi) is 3.47. The molecule has 1 atom stereocenters. The van der Waals surface area contributed by atoms with Gasteiger partial charge in [-0.25, -0.2) is 13.8 Å². The number of benzene rings is 2. The quantitative estimate of drug-likeness (QED) is 0.581. The van der Waals surface area contributed by atoms with Crippen LogP contribution in [-0.2, 0) is 0 Å². The second-order valence-corrected chi connectivity index (χ2v) is 5.74. The Bertz CT molecular complexity index is 1110. The van der Waals surface area contributed by atoms with E-state index in [-0.39, 0.29) is 5.52 Å². The molecule has 2 aromatic carbocycles. The van der Waals surface area contributed by atoms with E-state index >= 15 is 0 Å².